The van der Waals surface area contributed by atoms with Crippen molar-refractivity contribution in [3.63, 3.8) is 0 Å². The molecule has 1 aromatic rings. The number of hydrogen-bond acceptors (Lipinski definition) is 2. The van der Waals surface area contributed by atoms with Gasteiger partial charge in [-0.05, 0) is 37.1 Å². The third-order valence-corrected chi connectivity index (χ3v) is 3.02. The van der Waals surface area contributed by atoms with E-state index >= 15 is 0 Å². The van der Waals surface area contributed by atoms with Gasteiger partial charge >= 0.3 is 5.97 Å². The summed E-state index contributed by atoms with van der Waals surface area (Å²) in [7, 11) is 0. The van der Waals surface area contributed by atoms with Crippen molar-refractivity contribution in [1.82, 2.24) is 0 Å². The van der Waals surface area contributed by atoms with Crippen LogP contribution >= 0.6 is 11.6 Å². The summed E-state index contributed by atoms with van der Waals surface area (Å²) in [4.78, 5) is 11.2. The van der Waals surface area contributed by atoms with Crippen LogP contribution in [0.3, 0.4) is 0 Å². The lowest BCUT2D eigenvalue weighted by atomic mass is 9.79. The fraction of sp³-hybridized carbons (Fsp3) is 0.364. The lowest BCUT2D eigenvalue weighted by molar-refractivity contribution is -0.143. The van der Waals surface area contributed by atoms with E-state index in [4.69, 9.17) is 17.3 Å². The standard InChI is InChI=1S/C11H14ClNO2/c1-3-11(2,10(14)15)8-6-7(12)4-5-9(8)13/h4-6H,3,13H2,1-2H3,(H,14,15). The number of halogens is 1. The first-order valence-electron chi connectivity index (χ1n) is 4.70. The molecule has 0 heterocycles. The molecule has 0 spiro atoms. The molecular formula is C11H14ClNO2. The topological polar surface area (TPSA) is 63.3 Å². The van der Waals surface area contributed by atoms with E-state index in [9.17, 15) is 9.90 Å². The molecule has 1 unspecified atom stereocenters. The summed E-state index contributed by atoms with van der Waals surface area (Å²) in [6, 6.07) is 4.90. The molecule has 0 fully saturated rings. The molecule has 0 aliphatic heterocycles. The largest absolute Gasteiger partial charge is 0.481 e. The average molecular weight is 228 g/mol. The van der Waals surface area contributed by atoms with Gasteiger partial charge < -0.3 is 10.8 Å². The van der Waals surface area contributed by atoms with Gasteiger partial charge in [0.05, 0.1) is 5.41 Å². The van der Waals surface area contributed by atoms with E-state index in [-0.39, 0.29) is 0 Å². The minimum Gasteiger partial charge on any atom is -0.481 e. The zero-order chi connectivity index (χ0) is 11.6. The van der Waals surface area contributed by atoms with Crippen LogP contribution in [0.4, 0.5) is 5.69 Å². The second-order valence-corrected chi connectivity index (χ2v) is 4.16. The maximum absolute atomic E-state index is 11.2. The Labute approximate surface area is 93.9 Å². The quantitative estimate of drug-likeness (QED) is 0.781. The highest BCUT2D eigenvalue weighted by Gasteiger charge is 2.34. The number of rotatable bonds is 3. The summed E-state index contributed by atoms with van der Waals surface area (Å²) in [5, 5.41) is 9.70. The van der Waals surface area contributed by atoms with Crippen molar-refractivity contribution in [3.8, 4) is 0 Å². The minimum absolute atomic E-state index is 0.464. The Hall–Kier alpha value is -1.22. The molecule has 82 valence electrons. The van der Waals surface area contributed by atoms with E-state index in [0.29, 0.717) is 22.7 Å². The molecule has 4 heteroatoms. The normalized spacial score (nSPS) is 14.6. The molecule has 0 amide bonds. The van der Waals surface area contributed by atoms with E-state index in [2.05, 4.69) is 0 Å². The maximum Gasteiger partial charge on any atom is 0.313 e. The molecule has 0 saturated heterocycles. The van der Waals surface area contributed by atoms with Crippen LogP contribution in [-0.4, -0.2) is 11.1 Å². The van der Waals surface area contributed by atoms with Crippen LogP contribution < -0.4 is 5.73 Å². The fourth-order valence-electron chi connectivity index (χ4n) is 1.46. The Balaban J connectivity index is 3.35. The summed E-state index contributed by atoms with van der Waals surface area (Å²) < 4.78 is 0. The van der Waals surface area contributed by atoms with Crippen molar-refractivity contribution in [2.45, 2.75) is 25.7 Å². The minimum atomic E-state index is -0.977. The number of nitrogen functional groups attached to an aromatic ring is 1. The number of hydrogen-bond donors (Lipinski definition) is 2. The number of aliphatic carboxylic acids is 1. The molecule has 0 bridgehead atoms. The van der Waals surface area contributed by atoms with Crippen LogP contribution in [0.1, 0.15) is 25.8 Å². The molecule has 1 rings (SSSR count). The van der Waals surface area contributed by atoms with Gasteiger partial charge in [-0.2, -0.15) is 0 Å². The molecule has 0 aliphatic carbocycles. The summed E-state index contributed by atoms with van der Waals surface area (Å²) in [5.41, 5.74) is 5.83. The molecule has 1 atom stereocenters. The van der Waals surface area contributed by atoms with Crippen LogP contribution in [0.5, 0.6) is 0 Å². The van der Waals surface area contributed by atoms with E-state index < -0.39 is 11.4 Å². The van der Waals surface area contributed by atoms with Crippen molar-refractivity contribution in [2.75, 3.05) is 5.73 Å². The average Bonchev–Trinajstić information content (AvgIpc) is 2.20. The Morgan fingerprint density at radius 1 is 1.60 bits per heavy atom. The molecule has 0 aliphatic rings. The molecule has 1 aromatic carbocycles. The number of carbonyl (C=O) groups is 1. The molecule has 3 N–H and O–H groups in total. The summed E-state index contributed by atoms with van der Waals surface area (Å²) >= 11 is 5.84. The first-order chi connectivity index (χ1) is 6.91. The second-order valence-electron chi connectivity index (χ2n) is 3.72. The Morgan fingerprint density at radius 3 is 2.67 bits per heavy atom. The molecule has 0 aromatic heterocycles. The van der Waals surface area contributed by atoms with Crippen molar-refractivity contribution >= 4 is 23.3 Å². The van der Waals surface area contributed by atoms with Crippen molar-refractivity contribution in [1.29, 1.82) is 0 Å². The Bertz CT molecular complexity index is 392. The monoisotopic (exact) mass is 227 g/mol. The van der Waals surface area contributed by atoms with Crippen molar-refractivity contribution in [2.24, 2.45) is 0 Å². The first kappa shape index (κ1) is 11.9. The van der Waals surface area contributed by atoms with Gasteiger partial charge in [-0.15, -0.1) is 0 Å². The van der Waals surface area contributed by atoms with Crippen LogP contribution in [0.2, 0.25) is 5.02 Å². The van der Waals surface area contributed by atoms with Gasteiger partial charge in [0.1, 0.15) is 0 Å². The highest BCUT2D eigenvalue weighted by Crippen LogP contribution is 2.33. The van der Waals surface area contributed by atoms with Gasteiger partial charge in [0.25, 0.3) is 0 Å². The molecule has 0 radical (unpaired) electrons. The van der Waals surface area contributed by atoms with Crippen LogP contribution in [0.15, 0.2) is 18.2 Å². The number of nitrogens with two attached hydrogens (primary N) is 1. The van der Waals surface area contributed by atoms with Crippen molar-refractivity contribution < 1.29 is 9.90 Å². The lowest BCUT2D eigenvalue weighted by Crippen LogP contribution is -2.32. The fourth-order valence-corrected chi connectivity index (χ4v) is 1.64. The van der Waals surface area contributed by atoms with Gasteiger partial charge in [0.15, 0.2) is 0 Å². The second kappa shape index (κ2) is 4.11. The van der Waals surface area contributed by atoms with E-state index in [1.807, 2.05) is 6.92 Å². The predicted molar refractivity (Wildman–Crippen MR) is 61.1 cm³/mol. The van der Waals surface area contributed by atoms with Gasteiger partial charge in [-0.25, -0.2) is 0 Å². The van der Waals surface area contributed by atoms with Crippen LogP contribution in [0.25, 0.3) is 0 Å². The summed E-state index contributed by atoms with van der Waals surface area (Å²) in [6.07, 6.45) is 0.465. The highest BCUT2D eigenvalue weighted by atomic mass is 35.5. The highest BCUT2D eigenvalue weighted by molar-refractivity contribution is 6.30. The smallest absolute Gasteiger partial charge is 0.313 e. The number of carboxylic acids is 1. The van der Waals surface area contributed by atoms with Gasteiger partial charge in [-0.3, -0.25) is 4.79 Å². The van der Waals surface area contributed by atoms with Gasteiger partial charge in [0, 0.05) is 10.7 Å². The summed E-state index contributed by atoms with van der Waals surface area (Å²) in [6.45, 7) is 3.46. The van der Waals surface area contributed by atoms with Gasteiger partial charge in [0.2, 0.25) is 0 Å². The Kier molecular flexibility index (Phi) is 3.25. The maximum atomic E-state index is 11.2. The third kappa shape index (κ3) is 2.07. The zero-order valence-corrected chi connectivity index (χ0v) is 9.51. The number of anilines is 1. The lowest BCUT2D eigenvalue weighted by Gasteiger charge is -2.25. The molecular weight excluding hydrogens is 214 g/mol. The zero-order valence-electron chi connectivity index (χ0n) is 8.75. The Morgan fingerprint density at radius 2 is 2.20 bits per heavy atom. The van der Waals surface area contributed by atoms with Crippen molar-refractivity contribution in [3.05, 3.63) is 28.8 Å². The molecule has 15 heavy (non-hydrogen) atoms. The third-order valence-electron chi connectivity index (χ3n) is 2.79. The summed E-state index contributed by atoms with van der Waals surface area (Å²) in [5.74, 6) is -0.890. The SMILES string of the molecule is CCC(C)(C(=O)O)c1cc(Cl)ccc1N. The predicted octanol–water partition coefficient (Wildman–Crippen LogP) is 2.67. The number of carboxylic acid groups (broad SMARTS) is 1. The van der Waals surface area contributed by atoms with E-state index in [1.165, 1.54) is 0 Å². The first-order valence-corrected chi connectivity index (χ1v) is 5.08. The van der Waals surface area contributed by atoms with Gasteiger partial charge in [-0.1, -0.05) is 18.5 Å². The van der Waals surface area contributed by atoms with Crippen LogP contribution in [-0.2, 0) is 10.2 Å². The molecule has 3 nitrogen and oxygen atoms in total. The van der Waals surface area contributed by atoms with E-state index in [1.54, 1.807) is 25.1 Å². The van der Waals surface area contributed by atoms with Crippen LogP contribution in [0, 0.1) is 0 Å². The molecule has 0 saturated carbocycles. The number of benzene rings is 1. The van der Waals surface area contributed by atoms with E-state index in [0.717, 1.165) is 0 Å².